The van der Waals surface area contributed by atoms with Crippen LogP contribution < -0.4 is 10.1 Å². The summed E-state index contributed by atoms with van der Waals surface area (Å²) in [5.74, 6) is 0.885. The van der Waals surface area contributed by atoms with Gasteiger partial charge in [0.1, 0.15) is 12.4 Å². The van der Waals surface area contributed by atoms with E-state index < -0.39 is 0 Å². The Hall–Kier alpha value is -1.52. The number of hydrogen-bond donors (Lipinski definition) is 1. The van der Waals surface area contributed by atoms with Crippen LogP contribution in [0.25, 0.3) is 0 Å². The van der Waals surface area contributed by atoms with Gasteiger partial charge >= 0.3 is 0 Å². The molecule has 1 N–H and O–H groups in total. The Bertz CT molecular complexity index is 551. The molecule has 0 aliphatic carbocycles. The molecule has 2 aromatic rings. The summed E-state index contributed by atoms with van der Waals surface area (Å²) in [6, 6.07) is 8.36. The molecule has 0 bridgehead atoms. The number of aryl methyl sites for hydroxylation is 2. The summed E-state index contributed by atoms with van der Waals surface area (Å²) in [5, 5.41) is 5.58. The van der Waals surface area contributed by atoms with Crippen molar-refractivity contribution < 1.29 is 9.47 Å². The molecule has 0 aliphatic rings. The molecule has 1 heterocycles. The maximum atomic E-state index is 5.77. The molecule has 0 saturated carbocycles. The topological polar surface area (TPSA) is 30.5 Å². The highest BCUT2D eigenvalue weighted by atomic mass is 32.1. The Labute approximate surface area is 124 Å². The molecule has 0 radical (unpaired) electrons. The lowest BCUT2D eigenvalue weighted by Gasteiger charge is -2.14. The van der Waals surface area contributed by atoms with Crippen LogP contribution >= 0.6 is 11.3 Å². The van der Waals surface area contributed by atoms with Crippen LogP contribution in [0.2, 0.25) is 0 Å². The van der Waals surface area contributed by atoms with E-state index in [-0.39, 0.29) is 0 Å². The van der Waals surface area contributed by atoms with Gasteiger partial charge in [-0.05, 0) is 48.6 Å². The van der Waals surface area contributed by atoms with Gasteiger partial charge in [0.15, 0.2) is 0 Å². The number of thiophene rings is 1. The van der Waals surface area contributed by atoms with Crippen LogP contribution in [0.5, 0.6) is 5.75 Å². The van der Waals surface area contributed by atoms with Crippen molar-refractivity contribution in [3.05, 3.63) is 45.6 Å². The van der Waals surface area contributed by atoms with Crippen molar-refractivity contribution in [1.29, 1.82) is 0 Å². The molecule has 0 spiro atoms. The van der Waals surface area contributed by atoms with Crippen molar-refractivity contribution in [1.82, 2.24) is 0 Å². The minimum absolute atomic E-state index is 0.562. The fourth-order valence-electron chi connectivity index (χ4n) is 1.89. The second kappa shape index (κ2) is 7.31. The quantitative estimate of drug-likeness (QED) is 0.782. The van der Waals surface area contributed by atoms with Gasteiger partial charge in [0.2, 0.25) is 0 Å². The van der Waals surface area contributed by atoms with Crippen molar-refractivity contribution in [2.75, 3.05) is 25.6 Å². The van der Waals surface area contributed by atoms with Crippen LogP contribution in [-0.4, -0.2) is 20.3 Å². The van der Waals surface area contributed by atoms with E-state index in [1.165, 1.54) is 16.0 Å². The van der Waals surface area contributed by atoms with Gasteiger partial charge in [0.05, 0.1) is 12.3 Å². The molecule has 20 heavy (non-hydrogen) atoms. The Morgan fingerprint density at radius 1 is 1.15 bits per heavy atom. The molecule has 0 aliphatic heterocycles. The highest BCUT2D eigenvalue weighted by Crippen LogP contribution is 2.27. The minimum Gasteiger partial charge on any atom is -0.489 e. The first-order chi connectivity index (χ1) is 9.70. The monoisotopic (exact) mass is 291 g/mol. The number of ether oxygens (including phenoxy) is 2. The van der Waals surface area contributed by atoms with E-state index in [4.69, 9.17) is 9.47 Å². The third-order valence-corrected chi connectivity index (χ3v) is 4.11. The Balaban J connectivity index is 2.04. The van der Waals surface area contributed by atoms with Crippen LogP contribution in [0.3, 0.4) is 0 Å². The van der Waals surface area contributed by atoms with Crippen molar-refractivity contribution >= 4 is 17.0 Å². The summed E-state index contributed by atoms with van der Waals surface area (Å²) in [7, 11) is 1.68. The number of nitrogens with one attached hydrogen (secondary N) is 1. The molecule has 0 atom stereocenters. The van der Waals surface area contributed by atoms with Gasteiger partial charge in [-0.2, -0.15) is 0 Å². The largest absolute Gasteiger partial charge is 0.489 e. The smallest absolute Gasteiger partial charge is 0.142 e. The Kier molecular flexibility index (Phi) is 5.44. The third-order valence-electron chi connectivity index (χ3n) is 3.09. The molecule has 1 aromatic heterocycles. The number of rotatable bonds is 7. The summed E-state index contributed by atoms with van der Waals surface area (Å²) < 4.78 is 10.8. The fraction of sp³-hybridized carbons (Fsp3) is 0.375. The fourth-order valence-corrected chi connectivity index (χ4v) is 2.74. The zero-order valence-electron chi connectivity index (χ0n) is 12.2. The van der Waals surface area contributed by atoms with E-state index in [1.807, 2.05) is 0 Å². The van der Waals surface area contributed by atoms with Crippen LogP contribution in [0.4, 0.5) is 5.69 Å². The molecular weight excluding hydrogens is 270 g/mol. The van der Waals surface area contributed by atoms with Gasteiger partial charge in [-0.1, -0.05) is 6.07 Å². The van der Waals surface area contributed by atoms with Crippen molar-refractivity contribution in [2.24, 2.45) is 0 Å². The van der Waals surface area contributed by atoms with Gasteiger partial charge in [0.25, 0.3) is 0 Å². The molecule has 4 heteroatoms. The first kappa shape index (κ1) is 14.9. The highest BCUT2D eigenvalue weighted by Gasteiger charge is 2.06. The maximum Gasteiger partial charge on any atom is 0.142 e. The molecule has 0 unspecified atom stereocenters. The number of hydrogen-bond acceptors (Lipinski definition) is 4. The molecule has 3 nitrogen and oxygen atoms in total. The standard InChI is InChI=1S/C16H21NO2S/c1-12-4-5-14(15(10-12)19-8-7-18-3)17-11-16-13(2)6-9-20-16/h4-6,9-10,17H,7-8,11H2,1-3H3. The lowest BCUT2D eigenvalue weighted by molar-refractivity contribution is 0.146. The number of benzene rings is 1. The van der Waals surface area contributed by atoms with E-state index in [0.29, 0.717) is 13.2 Å². The normalized spacial score (nSPS) is 10.6. The number of methoxy groups -OCH3 is 1. The van der Waals surface area contributed by atoms with Gasteiger partial charge in [0, 0.05) is 18.5 Å². The highest BCUT2D eigenvalue weighted by molar-refractivity contribution is 7.10. The summed E-state index contributed by atoms with van der Waals surface area (Å²) in [6.07, 6.45) is 0. The SMILES string of the molecule is COCCOc1cc(C)ccc1NCc1sccc1C. The minimum atomic E-state index is 0.562. The van der Waals surface area contributed by atoms with E-state index in [0.717, 1.165) is 18.0 Å². The molecule has 2 rings (SSSR count). The van der Waals surface area contributed by atoms with Crippen LogP contribution in [0.15, 0.2) is 29.6 Å². The summed E-state index contributed by atoms with van der Waals surface area (Å²) in [4.78, 5) is 1.36. The summed E-state index contributed by atoms with van der Waals surface area (Å²) >= 11 is 1.78. The van der Waals surface area contributed by atoms with E-state index in [2.05, 4.69) is 48.8 Å². The van der Waals surface area contributed by atoms with Gasteiger partial charge < -0.3 is 14.8 Å². The van der Waals surface area contributed by atoms with Crippen molar-refractivity contribution in [3.63, 3.8) is 0 Å². The van der Waals surface area contributed by atoms with E-state index in [9.17, 15) is 0 Å². The predicted molar refractivity (Wildman–Crippen MR) is 84.9 cm³/mol. The van der Waals surface area contributed by atoms with Crippen molar-refractivity contribution in [2.45, 2.75) is 20.4 Å². The maximum absolute atomic E-state index is 5.77. The molecule has 108 valence electrons. The average molecular weight is 291 g/mol. The molecule has 0 fully saturated rings. The second-order valence-electron chi connectivity index (χ2n) is 4.72. The second-order valence-corrected chi connectivity index (χ2v) is 5.72. The third kappa shape index (κ3) is 3.99. The van der Waals surface area contributed by atoms with E-state index >= 15 is 0 Å². The van der Waals surface area contributed by atoms with Crippen LogP contribution in [0, 0.1) is 13.8 Å². The molecule has 1 aromatic carbocycles. The molecule has 0 amide bonds. The number of anilines is 1. The Morgan fingerprint density at radius 3 is 2.70 bits per heavy atom. The lowest BCUT2D eigenvalue weighted by Crippen LogP contribution is -2.07. The van der Waals surface area contributed by atoms with Crippen LogP contribution in [0.1, 0.15) is 16.0 Å². The summed E-state index contributed by atoms with van der Waals surface area (Å²) in [5.41, 5.74) is 3.55. The van der Waals surface area contributed by atoms with Gasteiger partial charge in [-0.15, -0.1) is 11.3 Å². The first-order valence-corrected chi connectivity index (χ1v) is 7.58. The van der Waals surface area contributed by atoms with Crippen LogP contribution in [-0.2, 0) is 11.3 Å². The zero-order chi connectivity index (χ0) is 14.4. The first-order valence-electron chi connectivity index (χ1n) is 6.70. The van der Waals surface area contributed by atoms with Gasteiger partial charge in [-0.25, -0.2) is 0 Å². The lowest BCUT2D eigenvalue weighted by atomic mass is 10.2. The van der Waals surface area contributed by atoms with E-state index in [1.54, 1.807) is 18.4 Å². The van der Waals surface area contributed by atoms with Crippen molar-refractivity contribution in [3.8, 4) is 5.75 Å². The predicted octanol–water partition coefficient (Wildman–Crippen LogP) is 4.00. The molecule has 0 saturated heterocycles. The summed E-state index contributed by atoms with van der Waals surface area (Å²) in [6.45, 7) is 6.19. The Morgan fingerprint density at radius 2 is 2.00 bits per heavy atom. The zero-order valence-corrected chi connectivity index (χ0v) is 13.0. The molecular formula is C16H21NO2S. The van der Waals surface area contributed by atoms with Gasteiger partial charge in [-0.3, -0.25) is 0 Å². The average Bonchev–Trinajstić information content (AvgIpc) is 2.84.